The van der Waals surface area contributed by atoms with Crippen molar-refractivity contribution in [1.82, 2.24) is 14.5 Å². The number of aromatic nitrogens is 3. The number of benzene rings is 1. The minimum Gasteiger partial charge on any atom is -0.369 e. The summed E-state index contributed by atoms with van der Waals surface area (Å²) in [6, 6.07) is 9.72. The highest BCUT2D eigenvalue weighted by Gasteiger charge is 2.13. The number of pyridine rings is 1. The second-order valence-electron chi connectivity index (χ2n) is 3.75. The zero-order valence-corrected chi connectivity index (χ0v) is 12.3. The molecule has 0 saturated carbocycles. The van der Waals surface area contributed by atoms with Crippen LogP contribution in [-0.4, -0.2) is 14.5 Å². The maximum absolute atomic E-state index is 5.98. The molecule has 0 amide bonds. The molecule has 2 aromatic heterocycles. The summed E-state index contributed by atoms with van der Waals surface area (Å²) >= 11 is 6.89. The average molecular weight is 368 g/mol. The van der Waals surface area contributed by atoms with E-state index in [1.54, 1.807) is 6.20 Å². The predicted octanol–water partition coefficient (Wildman–Crippen LogP) is 3.53. The molecule has 0 bridgehead atoms. The predicted molar refractivity (Wildman–Crippen MR) is 78.7 cm³/mol. The molecule has 2 N–H and O–H groups in total. The lowest BCUT2D eigenvalue weighted by atomic mass is 10.3. The smallest absolute Gasteiger partial charge is 0.207 e. The molecular formula is C12H8Br2N4. The summed E-state index contributed by atoms with van der Waals surface area (Å²) in [5.41, 5.74) is 8.40. The number of halogens is 2. The highest BCUT2D eigenvalue weighted by atomic mass is 79.9. The minimum absolute atomic E-state index is 0.419. The zero-order valence-electron chi connectivity index (χ0n) is 9.14. The van der Waals surface area contributed by atoms with E-state index in [0.717, 1.165) is 25.8 Å². The van der Waals surface area contributed by atoms with Gasteiger partial charge in [-0.2, -0.15) is 0 Å². The first-order valence-electron chi connectivity index (χ1n) is 5.21. The first-order valence-corrected chi connectivity index (χ1v) is 6.80. The fourth-order valence-electron chi connectivity index (χ4n) is 1.83. The number of rotatable bonds is 1. The molecule has 0 aliphatic heterocycles. The summed E-state index contributed by atoms with van der Waals surface area (Å²) in [5.74, 6) is 0.419. The number of nitrogens with two attached hydrogens (primary N) is 1. The van der Waals surface area contributed by atoms with E-state index < -0.39 is 0 Å². The van der Waals surface area contributed by atoms with Crippen molar-refractivity contribution in [3.05, 3.63) is 45.5 Å². The number of anilines is 1. The highest BCUT2D eigenvalue weighted by molar-refractivity contribution is 9.10. The van der Waals surface area contributed by atoms with Gasteiger partial charge in [0.15, 0.2) is 5.65 Å². The number of nitrogen functional groups attached to an aromatic ring is 1. The van der Waals surface area contributed by atoms with Gasteiger partial charge in [0, 0.05) is 15.1 Å². The molecule has 1 aromatic carbocycles. The van der Waals surface area contributed by atoms with Gasteiger partial charge in [0.05, 0.1) is 5.69 Å². The van der Waals surface area contributed by atoms with E-state index in [4.69, 9.17) is 5.73 Å². The largest absolute Gasteiger partial charge is 0.369 e. The standard InChI is InChI=1S/C12H8Br2N4/c13-7-5-9-11(16-6-7)18(12(15)17-9)10-4-2-1-3-8(10)14/h1-6H,(H2,15,17). The van der Waals surface area contributed by atoms with Crippen LogP contribution in [0.4, 0.5) is 5.95 Å². The normalized spacial score (nSPS) is 11.0. The molecule has 3 aromatic rings. The molecule has 0 unspecified atom stereocenters. The quantitative estimate of drug-likeness (QED) is 0.715. The number of fused-ring (bicyclic) bond motifs is 1. The molecule has 0 spiro atoms. The average Bonchev–Trinajstić information content (AvgIpc) is 2.65. The van der Waals surface area contributed by atoms with E-state index in [9.17, 15) is 0 Å². The third-order valence-corrected chi connectivity index (χ3v) is 3.69. The monoisotopic (exact) mass is 366 g/mol. The Morgan fingerprint density at radius 2 is 1.94 bits per heavy atom. The molecular weight excluding hydrogens is 360 g/mol. The lowest BCUT2D eigenvalue weighted by Gasteiger charge is -2.07. The molecule has 0 saturated heterocycles. The lowest BCUT2D eigenvalue weighted by molar-refractivity contribution is 1.08. The van der Waals surface area contributed by atoms with E-state index in [0.29, 0.717) is 5.95 Å². The van der Waals surface area contributed by atoms with Crippen molar-refractivity contribution >= 4 is 49.0 Å². The van der Waals surface area contributed by atoms with Gasteiger partial charge in [-0.3, -0.25) is 4.57 Å². The summed E-state index contributed by atoms with van der Waals surface area (Å²) < 4.78 is 3.65. The van der Waals surface area contributed by atoms with Crippen LogP contribution >= 0.6 is 31.9 Å². The Labute approximate surface area is 120 Å². The van der Waals surface area contributed by atoms with Crippen LogP contribution < -0.4 is 5.73 Å². The molecule has 18 heavy (non-hydrogen) atoms. The fourth-order valence-corrected chi connectivity index (χ4v) is 2.61. The van der Waals surface area contributed by atoms with Crippen LogP contribution in [0.5, 0.6) is 0 Å². The molecule has 3 rings (SSSR count). The number of imidazole rings is 1. The SMILES string of the molecule is Nc1nc2cc(Br)cnc2n1-c1ccccc1Br. The Hall–Kier alpha value is -1.40. The van der Waals surface area contributed by atoms with Gasteiger partial charge in [0.1, 0.15) is 5.52 Å². The van der Waals surface area contributed by atoms with Gasteiger partial charge in [0.25, 0.3) is 0 Å². The van der Waals surface area contributed by atoms with E-state index >= 15 is 0 Å². The second kappa shape index (κ2) is 4.37. The number of hydrogen-bond acceptors (Lipinski definition) is 3. The van der Waals surface area contributed by atoms with Gasteiger partial charge >= 0.3 is 0 Å². The van der Waals surface area contributed by atoms with Crippen molar-refractivity contribution in [3.63, 3.8) is 0 Å². The summed E-state index contributed by atoms with van der Waals surface area (Å²) in [7, 11) is 0. The first kappa shape index (κ1) is 11.7. The number of nitrogens with zero attached hydrogens (tertiary/aromatic N) is 3. The van der Waals surface area contributed by atoms with Crippen LogP contribution in [0.15, 0.2) is 45.5 Å². The Kier molecular flexibility index (Phi) is 2.83. The van der Waals surface area contributed by atoms with Gasteiger partial charge in [-0.25, -0.2) is 9.97 Å². The molecule has 0 fully saturated rings. The van der Waals surface area contributed by atoms with Crippen molar-refractivity contribution in [2.45, 2.75) is 0 Å². The summed E-state index contributed by atoms with van der Waals surface area (Å²) in [6.07, 6.45) is 1.73. The third kappa shape index (κ3) is 1.81. The molecule has 0 atom stereocenters. The fraction of sp³-hybridized carbons (Fsp3) is 0. The summed E-state index contributed by atoms with van der Waals surface area (Å²) in [6.45, 7) is 0. The summed E-state index contributed by atoms with van der Waals surface area (Å²) in [5, 5.41) is 0. The van der Waals surface area contributed by atoms with E-state index in [1.807, 2.05) is 34.9 Å². The molecule has 2 heterocycles. The van der Waals surface area contributed by atoms with Gasteiger partial charge in [-0.05, 0) is 50.1 Å². The topological polar surface area (TPSA) is 56.7 Å². The molecule has 4 nitrogen and oxygen atoms in total. The first-order chi connectivity index (χ1) is 8.66. The van der Waals surface area contributed by atoms with Gasteiger partial charge in [0.2, 0.25) is 5.95 Å². The van der Waals surface area contributed by atoms with E-state index in [-0.39, 0.29) is 0 Å². The number of hydrogen-bond donors (Lipinski definition) is 1. The molecule has 6 heteroatoms. The van der Waals surface area contributed by atoms with Gasteiger partial charge in [-0.15, -0.1) is 0 Å². The maximum atomic E-state index is 5.98. The highest BCUT2D eigenvalue weighted by Crippen LogP contribution is 2.27. The van der Waals surface area contributed by atoms with E-state index in [1.165, 1.54) is 0 Å². The Balaban J connectivity index is 2.36. The van der Waals surface area contributed by atoms with Crippen LogP contribution in [0.2, 0.25) is 0 Å². The minimum atomic E-state index is 0.419. The summed E-state index contributed by atoms with van der Waals surface area (Å²) in [4.78, 5) is 8.69. The van der Waals surface area contributed by atoms with Gasteiger partial charge < -0.3 is 5.73 Å². The molecule has 90 valence electrons. The third-order valence-electron chi connectivity index (χ3n) is 2.58. The van der Waals surface area contributed by atoms with Crippen molar-refractivity contribution in [2.75, 3.05) is 5.73 Å². The van der Waals surface area contributed by atoms with E-state index in [2.05, 4.69) is 41.8 Å². The van der Waals surface area contributed by atoms with Crippen LogP contribution in [0.1, 0.15) is 0 Å². The maximum Gasteiger partial charge on any atom is 0.207 e. The van der Waals surface area contributed by atoms with Crippen LogP contribution in [0.3, 0.4) is 0 Å². The molecule has 0 radical (unpaired) electrons. The number of para-hydroxylation sites is 1. The lowest BCUT2D eigenvalue weighted by Crippen LogP contribution is -2.01. The Morgan fingerprint density at radius 3 is 2.72 bits per heavy atom. The van der Waals surface area contributed by atoms with Crippen molar-refractivity contribution in [1.29, 1.82) is 0 Å². The van der Waals surface area contributed by atoms with Crippen molar-refractivity contribution in [2.24, 2.45) is 0 Å². The molecule has 0 aliphatic rings. The van der Waals surface area contributed by atoms with Crippen molar-refractivity contribution in [3.8, 4) is 5.69 Å². The Morgan fingerprint density at radius 1 is 1.17 bits per heavy atom. The van der Waals surface area contributed by atoms with Crippen LogP contribution in [-0.2, 0) is 0 Å². The zero-order chi connectivity index (χ0) is 12.7. The van der Waals surface area contributed by atoms with Crippen LogP contribution in [0.25, 0.3) is 16.9 Å². The van der Waals surface area contributed by atoms with Crippen molar-refractivity contribution < 1.29 is 0 Å². The van der Waals surface area contributed by atoms with Gasteiger partial charge in [-0.1, -0.05) is 12.1 Å². The van der Waals surface area contributed by atoms with Crippen LogP contribution in [0, 0.1) is 0 Å². The second-order valence-corrected chi connectivity index (χ2v) is 5.52. The molecule has 0 aliphatic carbocycles. The Bertz CT molecular complexity index is 736.